The third kappa shape index (κ3) is 4.57. The number of nitrogens with zero attached hydrogens (tertiary/aromatic N) is 1. The number of para-hydroxylation sites is 1. The molecule has 0 radical (unpaired) electrons. The zero-order chi connectivity index (χ0) is 17.6. The third-order valence-electron chi connectivity index (χ3n) is 3.51. The molecule has 2 aromatic carbocycles. The standard InChI is InChI=1S/C18H16ClN3O2S/c19-15-3-1-2-4-16(15)20-9-12-5-7-13(8-6-12)17(24)22-18-21-14(10-23)11-25-18/h1-8,11,20,23H,9-10H2,(H,21,22,24). The van der Waals surface area contributed by atoms with Crippen LogP contribution in [0.25, 0.3) is 0 Å². The van der Waals surface area contributed by atoms with Crippen LogP contribution in [-0.2, 0) is 13.2 Å². The van der Waals surface area contributed by atoms with Crippen molar-refractivity contribution in [1.82, 2.24) is 4.98 Å². The Morgan fingerprint density at radius 1 is 1.16 bits per heavy atom. The molecule has 0 atom stereocenters. The molecule has 0 aliphatic carbocycles. The molecular weight excluding hydrogens is 358 g/mol. The van der Waals surface area contributed by atoms with E-state index in [4.69, 9.17) is 16.7 Å². The van der Waals surface area contributed by atoms with E-state index in [1.54, 1.807) is 17.5 Å². The molecule has 0 saturated carbocycles. The van der Waals surface area contributed by atoms with Crippen LogP contribution < -0.4 is 10.6 Å². The molecule has 128 valence electrons. The van der Waals surface area contributed by atoms with Crippen LogP contribution >= 0.6 is 22.9 Å². The van der Waals surface area contributed by atoms with Crippen LogP contribution in [0.1, 0.15) is 21.6 Å². The highest BCUT2D eigenvalue weighted by Gasteiger charge is 2.09. The summed E-state index contributed by atoms with van der Waals surface area (Å²) in [5, 5.41) is 17.8. The normalized spacial score (nSPS) is 10.5. The lowest BCUT2D eigenvalue weighted by Crippen LogP contribution is -2.12. The molecular formula is C18H16ClN3O2S. The molecule has 5 nitrogen and oxygen atoms in total. The summed E-state index contributed by atoms with van der Waals surface area (Å²) < 4.78 is 0. The van der Waals surface area contributed by atoms with Gasteiger partial charge in [-0.1, -0.05) is 35.9 Å². The highest BCUT2D eigenvalue weighted by atomic mass is 35.5. The Morgan fingerprint density at radius 2 is 1.92 bits per heavy atom. The first-order chi connectivity index (χ1) is 12.2. The van der Waals surface area contributed by atoms with Gasteiger partial charge in [-0.25, -0.2) is 4.98 Å². The van der Waals surface area contributed by atoms with E-state index in [-0.39, 0.29) is 12.5 Å². The second kappa shape index (κ2) is 8.11. The lowest BCUT2D eigenvalue weighted by atomic mass is 10.1. The van der Waals surface area contributed by atoms with Gasteiger partial charge in [0.05, 0.1) is 23.0 Å². The molecule has 3 aromatic rings. The Hall–Kier alpha value is -2.41. The number of hydrogen-bond donors (Lipinski definition) is 3. The predicted molar refractivity (Wildman–Crippen MR) is 101 cm³/mol. The number of thiazole rings is 1. The maximum Gasteiger partial charge on any atom is 0.257 e. The molecule has 0 aliphatic rings. The first-order valence-electron chi connectivity index (χ1n) is 7.59. The summed E-state index contributed by atoms with van der Waals surface area (Å²) in [7, 11) is 0. The monoisotopic (exact) mass is 373 g/mol. The minimum Gasteiger partial charge on any atom is -0.390 e. The highest BCUT2D eigenvalue weighted by molar-refractivity contribution is 7.13. The molecule has 0 bridgehead atoms. The molecule has 1 aromatic heterocycles. The van der Waals surface area contributed by atoms with Gasteiger partial charge in [0.25, 0.3) is 5.91 Å². The maximum atomic E-state index is 12.2. The van der Waals surface area contributed by atoms with E-state index in [2.05, 4.69) is 15.6 Å². The van der Waals surface area contributed by atoms with Crippen LogP contribution in [0.3, 0.4) is 0 Å². The first-order valence-corrected chi connectivity index (χ1v) is 8.85. The van der Waals surface area contributed by atoms with Crippen molar-refractivity contribution in [3.63, 3.8) is 0 Å². The molecule has 7 heteroatoms. The summed E-state index contributed by atoms with van der Waals surface area (Å²) in [5.41, 5.74) is 2.99. The molecule has 3 N–H and O–H groups in total. The van der Waals surface area contributed by atoms with Gasteiger partial charge in [-0.15, -0.1) is 11.3 Å². The van der Waals surface area contributed by atoms with E-state index in [0.717, 1.165) is 11.3 Å². The maximum absolute atomic E-state index is 12.2. The van der Waals surface area contributed by atoms with Crippen molar-refractivity contribution < 1.29 is 9.90 Å². The lowest BCUT2D eigenvalue weighted by molar-refractivity contribution is 0.102. The van der Waals surface area contributed by atoms with E-state index in [0.29, 0.717) is 28.0 Å². The molecule has 3 rings (SSSR count). The number of aliphatic hydroxyl groups excluding tert-OH is 1. The third-order valence-corrected chi connectivity index (χ3v) is 4.64. The number of anilines is 2. The number of aliphatic hydroxyl groups is 1. The molecule has 0 fully saturated rings. The number of benzene rings is 2. The van der Waals surface area contributed by atoms with Crippen molar-refractivity contribution in [3.8, 4) is 0 Å². The van der Waals surface area contributed by atoms with E-state index in [9.17, 15) is 4.79 Å². The van der Waals surface area contributed by atoms with Crippen LogP contribution in [0.15, 0.2) is 53.9 Å². The molecule has 1 amide bonds. The Morgan fingerprint density at radius 3 is 2.60 bits per heavy atom. The molecule has 0 saturated heterocycles. The van der Waals surface area contributed by atoms with Crippen LogP contribution in [0.2, 0.25) is 5.02 Å². The smallest absolute Gasteiger partial charge is 0.257 e. The Bertz CT molecular complexity index is 865. The number of nitrogens with one attached hydrogen (secondary N) is 2. The summed E-state index contributed by atoms with van der Waals surface area (Å²) in [6.07, 6.45) is 0. The van der Waals surface area contributed by atoms with Gasteiger partial charge in [0.2, 0.25) is 0 Å². The fourth-order valence-corrected chi connectivity index (χ4v) is 3.08. The minimum absolute atomic E-state index is 0.139. The van der Waals surface area contributed by atoms with E-state index >= 15 is 0 Å². The van der Waals surface area contributed by atoms with Crippen molar-refractivity contribution in [3.05, 3.63) is 75.8 Å². The zero-order valence-electron chi connectivity index (χ0n) is 13.2. The second-order valence-electron chi connectivity index (χ2n) is 5.29. The summed E-state index contributed by atoms with van der Waals surface area (Å²) in [6.45, 7) is 0.470. The van der Waals surface area contributed by atoms with Crippen LogP contribution in [0.4, 0.5) is 10.8 Å². The number of aromatic nitrogens is 1. The fraction of sp³-hybridized carbons (Fsp3) is 0.111. The SMILES string of the molecule is O=C(Nc1nc(CO)cs1)c1ccc(CNc2ccccc2Cl)cc1. The molecule has 0 spiro atoms. The largest absolute Gasteiger partial charge is 0.390 e. The average molecular weight is 374 g/mol. The number of rotatable bonds is 6. The topological polar surface area (TPSA) is 74.2 Å². The average Bonchev–Trinajstić information content (AvgIpc) is 3.09. The van der Waals surface area contributed by atoms with Crippen molar-refractivity contribution in [2.45, 2.75) is 13.2 Å². The molecule has 0 unspecified atom stereocenters. The van der Waals surface area contributed by atoms with Crippen LogP contribution in [0, 0.1) is 0 Å². The van der Waals surface area contributed by atoms with Crippen molar-refractivity contribution in [2.75, 3.05) is 10.6 Å². The molecule has 1 heterocycles. The second-order valence-corrected chi connectivity index (χ2v) is 6.55. The van der Waals surface area contributed by atoms with Gasteiger partial charge in [-0.2, -0.15) is 0 Å². The van der Waals surface area contributed by atoms with Gasteiger partial charge in [0.15, 0.2) is 5.13 Å². The van der Waals surface area contributed by atoms with Gasteiger partial charge in [-0.05, 0) is 29.8 Å². The van der Waals surface area contributed by atoms with E-state index in [1.165, 1.54) is 11.3 Å². The summed E-state index contributed by atoms with van der Waals surface area (Å²) >= 11 is 7.39. The fourth-order valence-electron chi connectivity index (χ4n) is 2.18. The van der Waals surface area contributed by atoms with Gasteiger partial charge in [0.1, 0.15) is 0 Å². The number of amides is 1. The summed E-state index contributed by atoms with van der Waals surface area (Å²) in [4.78, 5) is 16.3. The molecule has 25 heavy (non-hydrogen) atoms. The van der Waals surface area contributed by atoms with Gasteiger partial charge >= 0.3 is 0 Å². The van der Waals surface area contributed by atoms with Gasteiger partial charge in [0, 0.05) is 17.5 Å². The Labute approximate surface area is 154 Å². The Kier molecular flexibility index (Phi) is 5.65. The van der Waals surface area contributed by atoms with Crippen LogP contribution in [-0.4, -0.2) is 16.0 Å². The Balaban J connectivity index is 1.59. The summed E-state index contributed by atoms with van der Waals surface area (Å²) in [5.74, 6) is -0.232. The quantitative estimate of drug-likeness (QED) is 0.606. The lowest BCUT2D eigenvalue weighted by Gasteiger charge is -2.09. The minimum atomic E-state index is -0.232. The zero-order valence-corrected chi connectivity index (χ0v) is 14.8. The van der Waals surface area contributed by atoms with Gasteiger partial charge < -0.3 is 10.4 Å². The van der Waals surface area contributed by atoms with Crippen molar-refractivity contribution >= 4 is 39.7 Å². The van der Waals surface area contributed by atoms with Gasteiger partial charge in [-0.3, -0.25) is 10.1 Å². The highest BCUT2D eigenvalue weighted by Crippen LogP contribution is 2.21. The number of hydrogen-bond acceptors (Lipinski definition) is 5. The predicted octanol–water partition coefficient (Wildman–Crippen LogP) is 4.15. The van der Waals surface area contributed by atoms with Crippen molar-refractivity contribution in [1.29, 1.82) is 0 Å². The van der Waals surface area contributed by atoms with Crippen LogP contribution in [0.5, 0.6) is 0 Å². The molecule has 0 aliphatic heterocycles. The number of carbonyl (C=O) groups is 1. The van der Waals surface area contributed by atoms with Crippen molar-refractivity contribution in [2.24, 2.45) is 0 Å². The first kappa shape index (κ1) is 17.4. The van der Waals surface area contributed by atoms with E-state index < -0.39 is 0 Å². The summed E-state index contributed by atoms with van der Waals surface area (Å²) in [6, 6.07) is 14.9. The number of carbonyl (C=O) groups excluding carboxylic acids is 1. The van der Waals surface area contributed by atoms with E-state index in [1.807, 2.05) is 36.4 Å². The number of halogens is 1.